The first-order valence-electron chi connectivity index (χ1n) is 9.38. The molecular weight excluding hydrogens is 359 g/mol. The lowest BCUT2D eigenvalue weighted by atomic mass is 10.1. The number of fused-ring (bicyclic) bond motifs is 1. The zero-order chi connectivity index (χ0) is 20.3. The van der Waals surface area contributed by atoms with Crippen molar-refractivity contribution in [2.45, 2.75) is 33.1 Å². The Labute approximate surface area is 163 Å². The lowest BCUT2D eigenvalue weighted by Crippen LogP contribution is -2.32. The number of amides is 2. The predicted molar refractivity (Wildman–Crippen MR) is 106 cm³/mol. The average Bonchev–Trinajstić information content (AvgIpc) is 3.09. The average molecular weight is 382 g/mol. The number of carbonyl (C=O) groups is 3. The molecule has 28 heavy (non-hydrogen) atoms. The van der Waals surface area contributed by atoms with Crippen molar-refractivity contribution in [1.29, 1.82) is 0 Å². The van der Waals surface area contributed by atoms with Crippen LogP contribution in [0.1, 0.15) is 42.6 Å². The van der Waals surface area contributed by atoms with E-state index in [1.54, 1.807) is 17.0 Å². The molecule has 1 N–H and O–H groups in total. The van der Waals surface area contributed by atoms with Crippen LogP contribution >= 0.6 is 0 Å². The van der Waals surface area contributed by atoms with Gasteiger partial charge in [0.15, 0.2) is 5.78 Å². The van der Waals surface area contributed by atoms with Gasteiger partial charge in [0, 0.05) is 36.7 Å². The van der Waals surface area contributed by atoms with E-state index in [0.717, 1.165) is 17.7 Å². The van der Waals surface area contributed by atoms with Crippen LogP contribution in [0.5, 0.6) is 0 Å². The van der Waals surface area contributed by atoms with Gasteiger partial charge in [0.05, 0.1) is 5.56 Å². The van der Waals surface area contributed by atoms with E-state index in [0.29, 0.717) is 12.2 Å². The van der Waals surface area contributed by atoms with Crippen LogP contribution in [-0.2, 0) is 16.0 Å². The molecule has 0 aliphatic carbocycles. The number of rotatable bonds is 6. The Morgan fingerprint density at radius 3 is 2.57 bits per heavy atom. The number of halogens is 1. The van der Waals surface area contributed by atoms with Crippen molar-refractivity contribution in [3.8, 4) is 0 Å². The molecule has 2 aromatic carbocycles. The van der Waals surface area contributed by atoms with Gasteiger partial charge in [0.25, 0.3) is 0 Å². The quantitative estimate of drug-likeness (QED) is 0.769. The Bertz CT molecular complexity index is 924. The van der Waals surface area contributed by atoms with E-state index < -0.39 is 11.6 Å². The summed E-state index contributed by atoms with van der Waals surface area (Å²) in [6.07, 6.45) is 0.653. The van der Waals surface area contributed by atoms with Gasteiger partial charge in [-0.05, 0) is 42.3 Å². The zero-order valence-corrected chi connectivity index (χ0v) is 16.0. The minimum absolute atomic E-state index is 0.00254. The molecule has 2 amide bonds. The molecule has 1 aliphatic heterocycles. The van der Waals surface area contributed by atoms with E-state index >= 15 is 0 Å². The molecule has 0 spiro atoms. The number of ketones is 1. The van der Waals surface area contributed by atoms with Gasteiger partial charge < -0.3 is 10.2 Å². The largest absolute Gasteiger partial charge is 0.326 e. The van der Waals surface area contributed by atoms with Crippen molar-refractivity contribution in [2.24, 2.45) is 5.92 Å². The van der Waals surface area contributed by atoms with Crippen LogP contribution in [0.15, 0.2) is 42.5 Å². The summed E-state index contributed by atoms with van der Waals surface area (Å²) in [7, 11) is 0. The second kappa shape index (κ2) is 8.33. The third-order valence-electron chi connectivity index (χ3n) is 4.77. The molecule has 0 unspecified atom stereocenters. The molecule has 0 aromatic heterocycles. The number of Topliss-reactive ketones (excluding diaryl/α,β-unsaturated/α-hetero) is 1. The SMILES string of the molecule is CC(C)C(=O)N1CCc2cc(NC(=O)CCC(=O)c3ccccc3F)ccc21. The summed E-state index contributed by atoms with van der Waals surface area (Å²) in [5, 5.41) is 2.77. The second-order valence-corrected chi connectivity index (χ2v) is 7.19. The monoisotopic (exact) mass is 382 g/mol. The second-order valence-electron chi connectivity index (χ2n) is 7.19. The van der Waals surface area contributed by atoms with Gasteiger partial charge in [0.1, 0.15) is 5.82 Å². The summed E-state index contributed by atoms with van der Waals surface area (Å²) < 4.78 is 13.6. The fourth-order valence-electron chi connectivity index (χ4n) is 3.29. The Kier molecular flexibility index (Phi) is 5.87. The van der Waals surface area contributed by atoms with Crippen molar-refractivity contribution in [3.63, 3.8) is 0 Å². The van der Waals surface area contributed by atoms with Gasteiger partial charge in [-0.3, -0.25) is 14.4 Å². The van der Waals surface area contributed by atoms with Crippen LogP contribution in [0, 0.1) is 11.7 Å². The molecule has 0 saturated carbocycles. The summed E-state index contributed by atoms with van der Waals surface area (Å²) in [6.45, 7) is 4.38. The lowest BCUT2D eigenvalue weighted by Gasteiger charge is -2.19. The highest BCUT2D eigenvalue weighted by Gasteiger charge is 2.26. The molecule has 1 aliphatic rings. The fraction of sp³-hybridized carbons (Fsp3) is 0.318. The zero-order valence-electron chi connectivity index (χ0n) is 16.0. The Balaban J connectivity index is 1.59. The molecule has 0 saturated heterocycles. The molecule has 6 heteroatoms. The normalized spacial score (nSPS) is 12.8. The maximum atomic E-state index is 13.6. The molecule has 0 bridgehead atoms. The lowest BCUT2D eigenvalue weighted by molar-refractivity contribution is -0.121. The molecular formula is C22H23FN2O3. The van der Waals surface area contributed by atoms with E-state index in [4.69, 9.17) is 0 Å². The number of hydrogen-bond donors (Lipinski definition) is 1. The molecule has 146 valence electrons. The van der Waals surface area contributed by atoms with Gasteiger partial charge >= 0.3 is 0 Å². The molecule has 1 heterocycles. The third-order valence-corrected chi connectivity index (χ3v) is 4.77. The van der Waals surface area contributed by atoms with Crippen molar-refractivity contribution in [1.82, 2.24) is 0 Å². The highest BCUT2D eigenvalue weighted by Crippen LogP contribution is 2.31. The summed E-state index contributed by atoms with van der Waals surface area (Å²) in [5.74, 6) is -1.27. The van der Waals surface area contributed by atoms with Crippen molar-refractivity contribution < 1.29 is 18.8 Å². The van der Waals surface area contributed by atoms with Crippen LogP contribution in [0.4, 0.5) is 15.8 Å². The third kappa shape index (κ3) is 4.27. The first kappa shape index (κ1) is 19.7. The van der Waals surface area contributed by atoms with Crippen LogP contribution in [0.3, 0.4) is 0 Å². The first-order valence-corrected chi connectivity index (χ1v) is 9.38. The van der Waals surface area contributed by atoms with E-state index in [1.165, 1.54) is 18.2 Å². The maximum absolute atomic E-state index is 13.6. The first-order chi connectivity index (χ1) is 13.4. The minimum Gasteiger partial charge on any atom is -0.326 e. The summed E-state index contributed by atoms with van der Waals surface area (Å²) in [6, 6.07) is 11.2. The summed E-state index contributed by atoms with van der Waals surface area (Å²) >= 11 is 0. The smallest absolute Gasteiger partial charge is 0.229 e. The molecule has 3 rings (SSSR count). The molecule has 0 fully saturated rings. The van der Waals surface area contributed by atoms with Gasteiger partial charge in [-0.25, -0.2) is 4.39 Å². The minimum atomic E-state index is -0.577. The van der Waals surface area contributed by atoms with Gasteiger partial charge in [-0.1, -0.05) is 26.0 Å². The van der Waals surface area contributed by atoms with Crippen LogP contribution in [0.25, 0.3) is 0 Å². The van der Waals surface area contributed by atoms with E-state index in [-0.39, 0.29) is 36.1 Å². The topological polar surface area (TPSA) is 66.5 Å². The van der Waals surface area contributed by atoms with Crippen LogP contribution in [-0.4, -0.2) is 24.1 Å². The number of carbonyl (C=O) groups excluding carboxylic acids is 3. The number of hydrogen-bond acceptors (Lipinski definition) is 3. The molecule has 2 aromatic rings. The van der Waals surface area contributed by atoms with Crippen molar-refractivity contribution in [3.05, 3.63) is 59.4 Å². The predicted octanol–water partition coefficient (Wildman–Crippen LogP) is 3.97. The summed E-state index contributed by atoms with van der Waals surface area (Å²) in [4.78, 5) is 38.3. The Morgan fingerprint density at radius 1 is 1.11 bits per heavy atom. The van der Waals surface area contributed by atoms with E-state index in [2.05, 4.69) is 5.32 Å². The Morgan fingerprint density at radius 2 is 1.86 bits per heavy atom. The van der Waals surface area contributed by atoms with Crippen LogP contribution < -0.4 is 10.2 Å². The van der Waals surface area contributed by atoms with Gasteiger partial charge in [-0.2, -0.15) is 0 Å². The van der Waals surface area contributed by atoms with E-state index in [9.17, 15) is 18.8 Å². The number of benzene rings is 2. The number of nitrogens with zero attached hydrogens (tertiary/aromatic N) is 1. The fourth-order valence-corrected chi connectivity index (χ4v) is 3.29. The highest BCUT2D eigenvalue weighted by atomic mass is 19.1. The number of anilines is 2. The Hall–Kier alpha value is -3.02. The number of nitrogens with one attached hydrogen (secondary N) is 1. The standard InChI is InChI=1S/C22H23FN2O3/c1-14(2)22(28)25-12-11-15-13-16(7-8-19(15)25)24-21(27)10-9-20(26)17-5-3-4-6-18(17)23/h3-8,13-14H,9-12H2,1-2H3,(H,24,27). The van der Waals surface area contributed by atoms with Crippen molar-refractivity contribution in [2.75, 3.05) is 16.8 Å². The highest BCUT2D eigenvalue weighted by molar-refractivity contribution is 6.00. The maximum Gasteiger partial charge on any atom is 0.229 e. The molecule has 0 atom stereocenters. The van der Waals surface area contributed by atoms with Gasteiger partial charge in [-0.15, -0.1) is 0 Å². The summed E-state index contributed by atoms with van der Waals surface area (Å²) in [5.41, 5.74) is 2.52. The van der Waals surface area contributed by atoms with Crippen molar-refractivity contribution >= 4 is 29.0 Å². The van der Waals surface area contributed by atoms with Gasteiger partial charge in [0.2, 0.25) is 11.8 Å². The van der Waals surface area contributed by atoms with Crippen LogP contribution in [0.2, 0.25) is 0 Å². The van der Waals surface area contributed by atoms with E-state index in [1.807, 2.05) is 26.0 Å². The molecule has 5 nitrogen and oxygen atoms in total. The molecule has 0 radical (unpaired) electrons.